The number of nitrogens with one attached hydrogen (secondary N) is 1. The first kappa shape index (κ1) is 16.4. The highest BCUT2D eigenvalue weighted by atomic mass is 16.5. The van der Waals surface area contributed by atoms with E-state index >= 15 is 0 Å². The number of rotatable bonds is 11. The van der Waals surface area contributed by atoms with E-state index in [-0.39, 0.29) is 0 Å². The number of hydrogen-bond acceptors (Lipinski definition) is 4. The maximum absolute atomic E-state index is 9.21. The van der Waals surface area contributed by atoms with Crippen molar-refractivity contribution in [3.05, 3.63) is 0 Å². The molecule has 0 aromatic rings. The lowest BCUT2D eigenvalue weighted by atomic mass is 9.98. The molecule has 1 aliphatic rings. The van der Waals surface area contributed by atoms with Crippen molar-refractivity contribution in [3.8, 4) is 6.07 Å². The Morgan fingerprint density at radius 2 is 1.95 bits per heavy atom. The number of nitriles is 1. The number of nitrogens with zero attached hydrogens (tertiary/aromatic N) is 1. The average Bonchev–Trinajstić information content (AvgIpc) is 3.16. The van der Waals surface area contributed by atoms with Crippen LogP contribution in [0.3, 0.4) is 0 Å². The third-order valence-corrected chi connectivity index (χ3v) is 3.14. The Morgan fingerprint density at radius 1 is 1.26 bits per heavy atom. The fourth-order valence-electron chi connectivity index (χ4n) is 1.91. The Hall–Kier alpha value is -0.630. The fraction of sp³-hybridized carbons (Fsp3) is 0.933. The van der Waals surface area contributed by atoms with Crippen molar-refractivity contribution >= 4 is 0 Å². The molecule has 1 unspecified atom stereocenters. The molecule has 0 saturated heterocycles. The summed E-state index contributed by atoms with van der Waals surface area (Å²) in [5.41, 5.74) is -0.390. The number of hydrogen-bond donors (Lipinski definition) is 1. The van der Waals surface area contributed by atoms with Gasteiger partial charge in [0, 0.05) is 19.3 Å². The Bertz CT molecular complexity index is 284. The van der Waals surface area contributed by atoms with Crippen LogP contribution in [0.25, 0.3) is 0 Å². The van der Waals surface area contributed by atoms with Crippen LogP contribution in [-0.2, 0) is 9.47 Å². The van der Waals surface area contributed by atoms with E-state index in [2.05, 4.69) is 25.2 Å². The second kappa shape index (κ2) is 8.52. The summed E-state index contributed by atoms with van der Waals surface area (Å²) < 4.78 is 10.9. The summed E-state index contributed by atoms with van der Waals surface area (Å²) in [7, 11) is 0. The van der Waals surface area contributed by atoms with Crippen LogP contribution in [0.2, 0.25) is 0 Å². The predicted octanol–water partition coefficient (Wildman–Crippen LogP) is 2.49. The minimum Gasteiger partial charge on any atom is -0.379 e. The SMILES string of the molecule is CC(C)COCCOCCCC(C)(C#N)NC1CC1. The molecule has 1 N–H and O–H groups in total. The van der Waals surface area contributed by atoms with E-state index in [1.807, 2.05) is 6.92 Å². The summed E-state index contributed by atoms with van der Waals surface area (Å²) in [6.07, 6.45) is 4.17. The van der Waals surface area contributed by atoms with Gasteiger partial charge in [-0.3, -0.25) is 5.32 Å². The van der Waals surface area contributed by atoms with E-state index in [1.54, 1.807) is 0 Å². The van der Waals surface area contributed by atoms with Crippen molar-refractivity contribution in [1.82, 2.24) is 5.32 Å². The van der Waals surface area contributed by atoms with Crippen LogP contribution in [-0.4, -0.2) is 38.0 Å². The summed E-state index contributed by atoms with van der Waals surface area (Å²) in [5.74, 6) is 0.574. The number of ether oxygens (including phenoxy) is 2. The summed E-state index contributed by atoms with van der Waals surface area (Å²) >= 11 is 0. The molecule has 0 spiro atoms. The van der Waals surface area contributed by atoms with Gasteiger partial charge in [-0.25, -0.2) is 0 Å². The lowest BCUT2D eigenvalue weighted by molar-refractivity contribution is 0.0357. The molecule has 4 heteroatoms. The van der Waals surface area contributed by atoms with Gasteiger partial charge in [-0.15, -0.1) is 0 Å². The Labute approximate surface area is 117 Å². The Morgan fingerprint density at radius 3 is 2.53 bits per heavy atom. The third kappa shape index (κ3) is 8.20. The van der Waals surface area contributed by atoms with E-state index < -0.39 is 5.54 Å². The topological polar surface area (TPSA) is 54.3 Å². The molecular weight excluding hydrogens is 240 g/mol. The van der Waals surface area contributed by atoms with Gasteiger partial charge in [0.05, 0.1) is 19.3 Å². The van der Waals surface area contributed by atoms with Gasteiger partial charge in [0.25, 0.3) is 0 Å². The van der Waals surface area contributed by atoms with Crippen molar-refractivity contribution in [2.24, 2.45) is 5.92 Å². The minimum absolute atomic E-state index is 0.390. The van der Waals surface area contributed by atoms with E-state index in [0.29, 0.717) is 31.8 Å². The van der Waals surface area contributed by atoms with Gasteiger partial charge in [0.2, 0.25) is 0 Å². The standard InChI is InChI=1S/C15H28N2O2/c1-13(2)11-19-10-9-18-8-4-7-15(3,12-16)17-14-5-6-14/h13-14,17H,4-11H2,1-3H3. The second-order valence-electron chi connectivity index (χ2n) is 6.05. The molecule has 0 bridgehead atoms. The first-order chi connectivity index (χ1) is 9.06. The van der Waals surface area contributed by atoms with E-state index in [4.69, 9.17) is 9.47 Å². The first-order valence-electron chi connectivity index (χ1n) is 7.40. The zero-order chi connectivity index (χ0) is 14.1. The van der Waals surface area contributed by atoms with Gasteiger partial charge >= 0.3 is 0 Å². The Kier molecular flexibility index (Phi) is 7.37. The van der Waals surface area contributed by atoms with Crippen LogP contribution in [0.1, 0.15) is 46.5 Å². The van der Waals surface area contributed by atoms with E-state index in [1.165, 1.54) is 12.8 Å². The molecule has 110 valence electrons. The fourth-order valence-corrected chi connectivity index (χ4v) is 1.91. The maximum Gasteiger partial charge on any atom is 0.104 e. The minimum atomic E-state index is -0.390. The van der Waals surface area contributed by atoms with Gasteiger partial charge < -0.3 is 9.47 Å². The highest BCUT2D eigenvalue weighted by molar-refractivity contribution is 5.06. The van der Waals surface area contributed by atoms with Crippen LogP contribution in [0.5, 0.6) is 0 Å². The van der Waals surface area contributed by atoms with Gasteiger partial charge in [-0.05, 0) is 38.5 Å². The predicted molar refractivity (Wildman–Crippen MR) is 75.9 cm³/mol. The van der Waals surface area contributed by atoms with Crippen LogP contribution in [0.4, 0.5) is 0 Å². The first-order valence-corrected chi connectivity index (χ1v) is 7.40. The molecule has 0 aromatic heterocycles. The molecule has 0 aliphatic heterocycles. The van der Waals surface area contributed by atoms with Crippen LogP contribution in [0, 0.1) is 17.2 Å². The van der Waals surface area contributed by atoms with Crippen molar-refractivity contribution in [2.75, 3.05) is 26.4 Å². The van der Waals surface area contributed by atoms with Crippen molar-refractivity contribution < 1.29 is 9.47 Å². The molecule has 1 saturated carbocycles. The van der Waals surface area contributed by atoms with Gasteiger partial charge in [0.15, 0.2) is 0 Å². The molecular formula is C15H28N2O2. The zero-order valence-electron chi connectivity index (χ0n) is 12.6. The van der Waals surface area contributed by atoms with Gasteiger partial charge in [-0.2, -0.15) is 5.26 Å². The molecule has 0 aromatic carbocycles. The van der Waals surface area contributed by atoms with Crippen LogP contribution < -0.4 is 5.32 Å². The van der Waals surface area contributed by atoms with Gasteiger partial charge in [-0.1, -0.05) is 13.8 Å². The van der Waals surface area contributed by atoms with E-state index in [0.717, 1.165) is 19.4 Å². The molecule has 0 radical (unpaired) electrons. The van der Waals surface area contributed by atoms with Crippen LogP contribution >= 0.6 is 0 Å². The molecule has 4 nitrogen and oxygen atoms in total. The average molecular weight is 268 g/mol. The maximum atomic E-state index is 9.21. The smallest absolute Gasteiger partial charge is 0.104 e. The summed E-state index contributed by atoms with van der Waals surface area (Å²) in [4.78, 5) is 0. The van der Waals surface area contributed by atoms with Crippen molar-refractivity contribution in [3.63, 3.8) is 0 Å². The lowest BCUT2D eigenvalue weighted by Crippen LogP contribution is -2.42. The monoisotopic (exact) mass is 268 g/mol. The van der Waals surface area contributed by atoms with Crippen LogP contribution in [0.15, 0.2) is 0 Å². The largest absolute Gasteiger partial charge is 0.379 e. The second-order valence-corrected chi connectivity index (χ2v) is 6.05. The molecule has 1 atom stereocenters. The third-order valence-electron chi connectivity index (χ3n) is 3.14. The van der Waals surface area contributed by atoms with E-state index in [9.17, 15) is 5.26 Å². The molecule has 0 amide bonds. The summed E-state index contributed by atoms with van der Waals surface area (Å²) in [6.45, 7) is 9.06. The molecule has 1 rings (SSSR count). The molecule has 1 aliphatic carbocycles. The van der Waals surface area contributed by atoms with Crippen molar-refractivity contribution in [1.29, 1.82) is 5.26 Å². The molecule has 1 fully saturated rings. The van der Waals surface area contributed by atoms with Gasteiger partial charge in [0.1, 0.15) is 5.54 Å². The Balaban J connectivity index is 1.95. The normalized spacial score (nSPS) is 18.3. The summed E-state index contributed by atoms with van der Waals surface area (Å²) in [5, 5.41) is 12.6. The quantitative estimate of drug-likeness (QED) is 0.585. The lowest BCUT2D eigenvalue weighted by Gasteiger charge is -2.23. The zero-order valence-corrected chi connectivity index (χ0v) is 12.6. The highest BCUT2D eigenvalue weighted by Gasteiger charge is 2.31. The molecule has 19 heavy (non-hydrogen) atoms. The van der Waals surface area contributed by atoms with Crippen molar-refractivity contribution in [2.45, 2.75) is 58.0 Å². The summed E-state index contributed by atoms with van der Waals surface area (Å²) in [6, 6.07) is 2.95. The molecule has 0 heterocycles. The highest BCUT2D eigenvalue weighted by Crippen LogP contribution is 2.24.